The highest BCUT2D eigenvalue weighted by Crippen LogP contribution is 2.23. The van der Waals surface area contributed by atoms with Gasteiger partial charge in [-0.3, -0.25) is 4.79 Å². The third kappa shape index (κ3) is 4.08. The van der Waals surface area contributed by atoms with Gasteiger partial charge in [0, 0.05) is 19.1 Å². The Morgan fingerprint density at radius 1 is 1.21 bits per heavy atom. The minimum atomic E-state index is -0.612. The molecular weight excluding hydrogens is 372 g/mol. The number of carbonyl (C=O) groups excluding carboxylic acids is 2. The third-order valence-electron chi connectivity index (χ3n) is 4.74. The number of fused-ring (bicyclic) bond motifs is 1. The molecule has 4 rings (SSSR count). The number of hydrogen-bond donors (Lipinski definition) is 2. The third-order valence-corrected chi connectivity index (χ3v) is 4.74. The molecule has 148 valence electrons. The van der Waals surface area contributed by atoms with Crippen LogP contribution in [-0.4, -0.2) is 50.9 Å². The van der Waals surface area contributed by atoms with Gasteiger partial charge >= 0.3 is 5.97 Å². The number of ether oxygens (including phenoxy) is 1. The van der Waals surface area contributed by atoms with Gasteiger partial charge in [0.1, 0.15) is 11.8 Å². The van der Waals surface area contributed by atoms with Gasteiger partial charge in [0.05, 0.1) is 11.9 Å². The summed E-state index contributed by atoms with van der Waals surface area (Å²) in [5.74, 6) is -0.594. The van der Waals surface area contributed by atoms with Gasteiger partial charge in [-0.25, -0.2) is 19.7 Å². The van der Waals surface area contributed by atoms with E-state index in [1.165, 1.54) is 6.33 Å². The molecular formula is C20H20N6O3. The van der Waals surface area contributed by atoms with Crippen molar-refractivity contribution < 1.29 is 14.3 Å². The molecule has 0 radical (unpaired) electrons. The lowest BCUT2D eigenvalue weighted by atomic mass is 10.1. The van der Waals surface area contributed by atoms with E-state index in [0.29, 0.717) is 17.8 Å². The van der Waals surface area contributed by atoms with Gasteiger partial charge in [-0.1, -0.05) is 24.8 Å². The summed E-state index contributed by atoms with van der Waals surface area (Å²) in [6.45, 7) is 4.97. The molecule has 1 fully saturated rings. The largest absolute Gasteiger partial charge is 0.418 e. The van der Waals surface area contributed by atoms with Gasteiger partial charge in [-0.15, -0.1) is 0 Å². The average molecular weight is 392 g/mol. The first-order valence-corrected chi connectivity index (χ1v) is 9.28. The van der Waals surface area contributed by atoms with Crippen LogP contribution in [0.2, 0.25) is 0 Å². The first-order chi connectivity index (χ1) is 14.1. The van der Waals surface area contributed by atoms with Gasteiger partial charge in [0.15, 0.2) is 17.2 Å². The smallest absolute Gasteiger partial charge is 0.343 e. The number of benzene rings is 1. The van der Waals surface area contributed by atoms with Crippen LogP contribution in [0.15, 0.2) is 55.3 Å². The summed E-state index contributed by atoms with van der Waals surface area (Å²) in [4.78, 5) is 42.3. The van der Waals surface area contributed by atoms with Gasteiger partial charge in [0.2, 0.25) is 0 Å². The zero-order valence-corrected chi connectivity index (χ0v) is 15.7. The number of hydrogen-bond acceptors (Lipinski definition) is 7. The number of H-pyrrole nitrogens is 1. The number of anilines is 1. The fourth-order valence-electron chi connectivity index (χ4n) is 3.34. The molecule has 1 atom stereocenters. The van der Waals surface area contributed by atoms with Crippen LogP contribution in [0.3, 0.4) is 0 Å². The van der Waals surface area contributed by atoms with E-state index in [4.69, 9.17) is 4.74 Å². The lowest BCUT2D eigenvalue weighted by molar-refractivity contribution is -0.120. The number of nitrogens with zero attached hydrogens (tertiary/aromatic N) is 4. The molecule has 0 bridgehead atoms. The molecule has 0 aliphatic carbocycles. The zero-order chi connectivity index (χ0) is 20.2. The Morgan fingerprint density at radius 3 is 2.86 bits per heavy atom. The second-order valence-corrected chi connectivity index (χ2v) is 6.74. The molecule has 1 aromatic carbocycles. The number of amides is 1. The van der Waals surface area contributed by atoms with Gasteiger partial charge in [-0.2, -0.15) is 0 Å². The molecule has 29 heavy (non-hydrogen) atoms. The van der Waals surface area contributed by atoms with Crippen molar-refractivity contribution in [1.29, 1.82) is 0 Å². The Morgan fingerprint density at radius 2 is 2.03 bits per heavy atom. The van der Waals surface area contributed by atoms with Gasteiger partial charge < -0.3 is 19.9 Å². The molecule has 0 unspecified atom stereocenters. The van der Waals surface area contributed by atoms with Crippen LogP contribution in [0.4, 0.5) is 5.82 Å². The van der Waals surface area contributed by atoms with Crippen molar-refractivity contribution in [3.63, 3.8) is 0 Å². The molecule has 2 N–H and O–H groups in total. The molecule has 1 aliphatic heterocycles. The average Bonchev–Trinajstić information content (AvgIpc) is 3.23. The maximum Gasteiger partial charge on any atom is 0.343 e. The van der Waals surface area contributed by atoms with E-state index in [1.807, 2.05) is 0 Å². The number of carbonyl (C=O) groups is 2. The second kappa shape index (κ2) is 8.09. The molecule has 0 spiro atoms. The van der Waals surface area contributed by atoms with Crippen LogP contribution in [-0.2, 0) is 9.53 Å². The molecule has 1 amide bonds. The highest BCUT2D eigenvalue weighted by Gasteiger charge is 2.25. The van der Waals surface area contributed by atoms with Gasteiger partial charge in [0.25, 0.3) is 5.91 Å². The summed E-state index contributed by atoms with van der Waals surface area (Å²) >= 11 is 0. The Hall–Kier alpha value is -3.75. The lowest BCUT2D eigenvalue weighted by Gasteiger charge is -2.34. The van der Waals surface area contributed by atoms with Crippen molar-refractivity contribution >= 4 is 28.9 Å². The SMILES string of the molecule is C=C(OC(=O)c1ccccc1)C(=O)N[C@@H]1CCCN(c2ncnc3nc[nH]c23)C1. The molecule has 9 nitrogen and oxygen atoms in total. The van der Waals surface area contributed by atoms with E-state index in [-0.39, 0.29) is 11.8 Å². The summed E-state index contributed by atoms with van der Waals surface area (Å²) in [5.41, 5.74) is 1.72. The maximum atomic E-state index is 12.4. The molecule has 3 aromatic rings. The molecule has 2 aromatic heterocycles. The lowest BCUT2D eigenvalue weighted by Crippen LogP contribution is -2.48. The highest BCUT2D eigenvalue weighted by atomic mass is 16.5. The standard InChI is InChI=1S/C20H20N6O3/c1-13(29-20(28)14-6-3-2-4-7-14)19(27)25-15-8-5-9-26(10-15)18-16-17(22-11-21-16)23-12-24-18/h2-4,6-7,11-12,15H,1,5,8-10H2,(H,25,27)(H,21,22,23,24)/t15-/m1/s1. The van der Waals surface area contributed by atoms with E-state index in [1.54, 1.807) is 36.7 Å². The summed E-state index contributed by atoms with van der Waals surface area (Å²) in [6, 6.07) is 8.34. The minimum Gasteiger partial charge on any atom is -0.418 e. The first kappa shape index (κ1) is 18.6. The monoisotopic (exact) mass is 392 g/mol. The topological polar surface area (TPSA) is 113 Å². The van der Waals surface area contributed by atoms with E-state index in [2.05, 4.69) is 36.7 Å². The predicted octanol–water partition coefficient (Wildman–Crippen LogP) is 1.81. The van der Waals surface area contributed by atoms with Crippen LogP contribution in [0.5, 0.6) is 0 Å². The minimum absolute atomic E-state index is 0.128. The van der Waals surface area contributed by atoms with Crippen LogP contribution in [0.1, 0.15) is 23.2 Å². The number of esters is 1. The summed E-state index contributed by atoms with van der Waals surface area (Å²) in [7, 11) is 0. The van der Waals surface area contributed by atoms with E-state index >= 15 is 0 Å². The van der Waals surface area contributed by atoms with E-state index in [9.17, 15) is 9.59 Å². The molecule has 1 saturated heterocycles. The number of nitrogens with one attached hydrogen (secondary N) is 2. The highest BCUT2D eigenvalue weighted by molar-refractivity contribution is 5.97. The van der Waals surface area contributed by atoms with Crippen molar-refractivity contribution in [2.45, 2.75) is 18.9 Å². The van der Waals surface area contributed by atoms with Crippen LogP contribution >= 0.6 is 0 Å². The maximum absolute atomic E-state index is 12.4. The molecule has 1 aliphatic rings. The number of aromatic nitrogens is 4. The fourth-order valence-corrected chi connectivity index (χ4v) is 3.34. The normalized spacial score (nSPS) is 16.4. The Balaban J connectivity index is 1.37. The Labute approximate surface area is 166 Å². The van der Waals surface area contributed by atoms with Gasteiger partial charge in [-0.05, 0) is 25.0 Å². The summed E-state index contributed by atoms with van der Waals surface area (Å²) in [6.07, 6.45) is 4.74. The van der Waals surface area contributed by atoms with Crippen LogP contribution in [0, 0.1) is 0 Å². The van der Waals surface area contributed by atoms with Crippen molar-refractivity contribution in [2.24, 2.45) is 0 Å². The first-order valence-electron chi connectivity index (χ1n) is 9.28. The number of aromatic amines is 1. The van der Waals surface area contributed by atoms with Crippen LogP contribution in [0.25, 0.3) is 11.2 Å². The quantitative estimate of drug-likeness (QED) is 0.387. The molecule has 3 heterocycles. The molecule has 0 saturated carbocycles. The summed E-state index contributed by atoms with van der Waals surface area (Å²) in [5, 5.41) is 2.89. The number of rotatable bonds is 5. The molecule has 9 heteroatoms. The summed E-state index contributed by atoms with van der Waals surface area (Å²) < 4.78 is 5.11. The van der Waals surface area contributed by atoms with E-state index < -0.39 is 11.9 Å². The Bertz CT molecular complexity index is 1050. The number of imidazole rings is 1. The Kier molecular flexibility index (Phi) is 5.19. The van der Waals surface area contributed by atoms with Crippen molar-refractivity contribution in [1.82, 2.24) is 25.3 Å². The van der Waals surface area contributed by atoms with Crippen molar-refractivity contribution in [3.8, 4) is 0 Å². The van der Waals surface area contributed by atoms with E-state index in [0.717, 1.165) is 30.7 Å². The van der Waals surface area contributed by atoms with Crippen molar-refractivity contribution in [2.75, 3.05) is 18.0 Å². The van der Waals surface area contributed by atoms with Crippen molar-refractivity contribution in [3.05, 3.63) is 60.9 Å². The second-order valence-electron chi connectivity index (χ2n) is 6.74. The number of piperidine rings is 1. The van der Waals surface area contributed by atoms with Crippen LogP contribution < -0.4 is 10.2 Å². The zero-order valence-electron chi connectivity index (χ0n) is 15.7. The fraction of sp³-hybridized carbons (Fsp3) is 0.250. The predicted molar refractivity (Wildman–Crippen MR) is 106 cm³/mol.